The van der Waals surface area contributed by atoms with Crippen molar-refractivity contribution in [2.75, 3.05) is 25.0 Å². The van der Waals surface area contributed by atoms with Gasteiger partial charge in [0.2, 0.25) is 5.91 Å². The first-order chi connectivity index (χ1) is 12.5. The first-order valence-corrected chi connectivity index (χ1v) is 8.27. The maximum Gasteiger partial charge on any atom is 0.335 e. The van der Waals surface area contributed by atoms with Gasteiger partial charge in [-0.3, -0.25) is 9.59 Å². The quantitative estimate of drug-likeness (QED) is 0.367. The number of likely N-dealkylation sites (tertiary alicyclic amines) is 1. The first kappa shape index (κ1) is 19.0. The predicted octanol–water partition coefficient (Wildman–Crippen LogP) is 1.33. The van der Waals surface area contributed by atoms with Crippen molar-refractivity contribution in [1.82, 2.24) is 10.2 Å². The van der Waals surface area contributed by atoms with Gasteiger partial charge in [0.1, 0.15) is 11.6 Å². The average molecular weight is 356 g/mol. The molecule has 0 radical (unpaired) electrons. The number of carboxylic acid groups (broad SMARTS) is 1. The van der Waals surface area contributed by atoms with E-state index in [-0.39, 0.29) is 17.0 Å². The molecule has 8 nitrogen and oxygen atoms in total. The molecule has 2 rings (SSSR count). The van der Waals surface area contributed by atoms with E-state index in [1.165, 1.54) is 18.3 Å². The summed E-state index contributed by atoms with van der Waals surface area (Å²) in [6.07, 6.45) is 3.37. The minimum Gasteiger partial charge on any atom is -0.478 e. The van der Waals surface area contributed by atoms with E-state index in [1.54, 1.807) is 17.0 Å². The maximum absolute atomic E-state index is 12.0. The molecule has 0 bridgehead atoms. The van der Waals surface area contributed by atoms with Crippen LogP contribution in [0.3, 0.4) is 0 Å². The molecule has 0 saturated carbocycles. The Morgan fingerprint density at radius 3 is 2.62 bits per heavy atom. The van der Waals surface area contributed by atoms with Crippen LogP contribution >= 0.6 is 0 Å². The topological polar surface area (TPSA) is 123 Å². The lowest BCUT2D eigenvalue weighted by atomic mass is 10.2. The minimum atomic E-state index is -1.03. The second kappa shape index (κ2) is 9.22. The number of carbonyl (C=O) groups excluding carboxylic acids is 2. The molecule has 2 amide bonds. The Morgan fingerprint density at radius 2 is 2.04 bits per heavy atom. The van der Waals surface area contributed by atoms with Crippen LogP contribution in [0.15, 0.2) is 36.0 Å². The van der Waals surface area contributed by atoms with Crippen LogP contribution in [0, 0.1) is 11.3 Å². The predicted molar refractivity (Wildman–Crippen MR) is 94.2 cm³/mol. The van der Waals surface area contributed by atoms with Gasteiger partial charge in [-0.15, -0.1) is 0 Å². The zero-order valence-electron chi connectivity index (χ0n) is 14.2. The molecule has 3 N–H and O–H groups in total. The van der Waals surface area contributed by atoms with Crippen molar-refractivity contribution in [1.29, 1.82) is 5.26 Å². The molecule has 0 atom stereocenters. The highest BCUT2D eigenvalue weighted by Gasteiger charge is 2.19. The number of carbonyl (C=O) groups is 3. The number of carboxylic acids is 1. The Hall–Kier alpha value is -3.34. The van der Waals surface area contributed by atoms with Crippen molar-refractivity contribution >= 4 is 23.5 Å². The van der Waals surface area contributed by atoms with Gasteiger partial charge in [-0.05, 0) is 37.1 Å². The number of benzene rings is 1. The molecule has 1 aromatic rings. The molecule has 1 saturated heterocycles. The molecule has 0 unspecified atom stereocenters. The van der Waals surface area contributed by atoms with E-state index in [2.05, 4.69) is 10.6 Å². The minimum absolute atomic E-state index is 0.0930. The highest BCUT2D eigenvalue weighted by Crippen LogP contribution is 2.11. The molecule has 0 aliphatic carbocycles. The van der Waals surface area contributed by atoms with Crippen molar-refractivity contribution in [3.05, 3.63) is 41.6 Å². The molecule has 1 aliphatic rings. The van der Waals surface area contributed by atoms with Crippen LogP contribution in [-0.4, -0.2) is 47.4 Å². The van der Waals surface area contributed by atoms with Crippen LogP contribution in [0.2, 0.25) is 0 Å². The Balaban J connectivity index is 1.79. The van der Waals surface area contributed by atoms with Crippen molar-refractivity contribution in [2.24, 2.45) is 0 Å². The van der Waals surface area contributed by atoms with Crippen LogP contribution in [-0.2, 0) is 9.59 Å². The third kappa shape index (κ3) is 5.34. The Morgan fingerprint density at radius 1 is 1.31 bits per heavy atom. The maximum atomic E-state index is 12.0. The second-order valence-corrected chi connectivity index (χ2v) is 5.79. The highest BCUT2D eigenvalue weighted by molar-refractivity contribution is 5.97. The van der Waals surface area contributed by atoms with Gasteiger partial charge in [-0.2, -0.15) is 5.26 Å². The van der Waals surface area contributed by atoms with Gasteiger partial charge in [0.25, 0.3) is 5.91 Å². The molecule has 136 valence electrons. The van der Waals surface area contributed by atoms with E-state index < -0.39 is 11.9 Å². The lowest BCUT2D eigenvalue weighted by molar-refractivity contribution is -0.127. The lowest BCUT2D eigenvalue weighted by Gasteiger charge is -2.15. The summed E-state index contributed by atoms with van der Waals surface area (Å²) < 4.78 is 0. The van der Waals surface area contributed by atoms with Gasteiger partial charge >= 0.3 is 5.97 Å². The van der Waals surface area contributed by atoms with Crippen LogP contribution in [0.4, 0.5) is 5.69 Å². The number of nitrogens with zero attached hydrogens (tertiary/aromatic N) is 2. The van der Waals surface area contributed by atoms with E-state index in [0.29, 0.717) is 31.6 Å². The zero-order valence-corrected chi connectivity index (χ0v) is 14.2. The molecule has 1 fully saturated rings. The third-order valence-corrected chi connectivity index (χ3v) is 3.94. The zero-order chi connectivity index (χ0) is 18.9. The van der Waals surface area contributed by atoms with E-state index in [4.69, 9.17) is 10.4 Å². The number of amides is 2. The Labute approximate surface area is 151 Å². The summed E-state index contributed by atoms with van der Waals surface area (Å²) in [5.74, 6) is -1.39. The number of anilines is 1. The van der Waals surface area contributed by atoms with E-state index in [1.807, 2.05) is 6.07 Å². The molecule has 1 aromatic carbocycles. The monoisotopic (exact) mass is 356 g/mol. The second-order valence-electron chi connectivity index (χ2n) is 5.79. The van der Waals surface area contributed by atoms with Gasteiger partial charge in [-0.1, -0.05) is 0 Å². The fraction of sp³-hybridized carbons (Fsp3) is 0.333. The Bertz CT molecular complexity index is 749. The number of nitrogens with one attached hydrogen (secondary N) is 2. The molecule has 0 spiro atoms. The van der Waals surface area contributed by atoms with Gasteiger partial charge in [0.15, 0.2) is 0 Å². The molecule has 26 heavy (non-hydrogen) atoms. The van der Waals surface area contributed by atoms with Crippen molar-refractivity contribution in [3.63, 3.8) is 0 Å². The summed E-state index contributed by atoms with van der Waals surface area (Å²) in [5, 5.41) is 23.4. The molecular formula is C18H20N4O4. The van der Waals surface area contributed by atoms with Gasteiger partial charge in [-0.25, -0.2) is 4.79 Å². The number of hydrogen-bond acceptors (Lipinski definition) is 5. The van der Waals surface area contributed by atoms with Gasteiger partial charge in [0.05, 0.1) is 5.56 Å². The van der Waals surface area contributed by atoms with Gasteiger partial charge < -0.3 is 20.6 Å². The van der Waals surface area contributed by atoms with E-state index >= 15 is 0 Å². The summed E-state index contributed by atoms with van der Waals surface area (Å²) >= 11 is 0. The van der Waals surface area contributed by atoms with Crippen LogP contribution in [0.5, 0.6) is 0 Å². The number of nitriles is 1. The SMILES string of the molecule is N#C/C(=C/Nc1ccc(C(=O)O)cc1)C(=O)NCCCN1CCCC1=O. The smallest absolute Gasteiger partial charge is 0.335 e. The number of aromatic carboxylic acids is 1. The molecular weight excluding hydrogens is 336 g/mol. The van der Waals surface area contributed by atoms with Crippen LogP contribution in [0.1, 0.15) is 29.6 Å². The molecule has 1 heterocycles. The summed E-state index contributed by atoms with van der Waals surface area (Å²) in [5.41, 5.74) is 0.613. The number of rotatable bonds is 8. The largest absolute Gasteiger partial charge is 0.478 e. The fourth-order valence-electron chi connectivity index (χ4n) is 2.52. The summed E-state index contributed by atoms with van der Waals surface area (Å²) in [4.78, 5) is 36.0. The van der Waals surface area contributed by atoms with Crippen LogP contribution in [0.25, 0.3) is 0 Å². The van der Waals surface area contributed by atoms with Crippen molar-refractivity contribution in [3.8, 4) is 6.07 Å². The summed E-state index contributed by atoms with van der Waals surface area (Å²) in [6.45, 7) is 1.73. The molecule has 8 heteroatoms. The fourth-order valence-corrected chi connectivity index (χ4v) is 2.52. The Kier molecular flexibility index (Phi) is 6.74. The van der Waals surface area contributed by atoms with E-state index in [9.17, 15) is 14.4 Å². The standard InChI is InChI=1S/C18H20N4O4/c19-11-14(12-21-15-6-4-13(5-7-15)18(25)26)17(24)20-8-2-10-22-9-1-3-16(22)23/h4-7,12,21H,1-3,8-10H2,(H,20,24)(H,25,26)/b14-12-. The number of hydrogen-bond donors (Lipinski definition) is 3. The molecule has 0 aromatic heterocycles. The van der Waals surface area contributed by atoms with Crippen molar-refractivity contribution < 1.29 is 19.5 Å². The normalized spacial score (nSPS) is 14.0. The van der Waals surface area contributed by atoms with Gasteiger partial charge in [0, 0.05) is 37.9 Å². The highest BCUT2D eigenvalue weighted by atomic mass is 16.4. The van der Waals surface area contributed by atoms with E-state index in [0.717, 1.165) is 13.0 Å². The van der Waals surface area contributed by atoms with Crippen molar-refractivity contribution in [2.45, 2.75) is 19.3 Å². The summed E-state index contributed by atoms with van der Waals surface area (Å²) in [7, 11) is 0. The summed E-state index contributed by atoms with van der Waals surface area (Å²) in [6, 6.07) is 7.74. The van der Waals surface area contributed by atoms with Crippen LogP contribution < -0.4 is 10.6 Å². The average Bonchev–Trinajstić information content (AvgIpc) is 3.04. The first-order valence-electron chi connectivity index (χ1n) is 8.27. The third-order valence-electron chi connectivity index (χ3n) is 3.94. The molecule has 1 aliphatic heterocycles. The lowest BCUT2D eigenvalue weighted by Crippen LogP contribution is -2.31.